The fourth-order valence-electron chi connectivity index (χ4n) is 2.88. The summed E-state index contributed by atoms with van der Waals surface area (Å²) in [6.45, 7) is 1.96. The predicted octanol–water partition coefficient (Wildman–Crippen LogP) is 5.62. The normalized spacial score (nSPS) is 10.4. The summed E-state index contributed by atoms with van der Waals surface area (Å²) in [6.07, 6.45) is 0. The van der Waals surface area contributed by atoms with Crippen molar-refractivity contribution in [2.45, 2.75) is 6.92 Å². The van der Waals surface area contributed by atoms with Gasteiger partial charge in [0.25, 0.3) is 5.91 Å². The lowest BCUT2D eigenvalue weighted by Crippen LogP contribution is -2.14. The number of anilines is 1. The molecule has 0 unspecified atom stereocenters. The number of esters is 1. The first kappa shape index (κ1) is 21.9. The molecule has 30 heavy (non-hydrogen) atoms. The van der Waals surface area contributed by atoms with Crippen LogP contribution in [0.25, 0.3) is 11.1 Å². The third-order valence-electron chi connectivity index (χ3n) is 4.28. The molecule has 8 heteroatoms. The van der Waals surface area contributed by atoms with Gasteiger partial charge in [0.15, 0.2) is 11.5 Å². The first-order valence-corrected chi connectivity index (χ1v) is 10.7. The molecular formula is C22H20BrNO5S. The number of carbonyl (C=O) groups is 2. The quantitative estimate of drug-likeness (QED) is 0.435. The van der Waals surface area contributed by atoms with Gasteiger partial charge in [-0.3, -0.25) is 4.79 Å². The molecule has 0 saturated heterocycles. The molecule has 6 nitrogen and oxygen atoms in total. The van der Waals surface area contributed by atoms with Gasteiger partial charge >= 0.3 is 5.97 Å². The number of hydrogen-bond acceptors (Lipinski definition) is 6. The molecule has 1 N–H and O–H groups in total. The molecule has 3 aromatic rings. The summed E-state index contributed by atoms with van der Waals surface area (Å²) in [5, 5.41) is 5.07. The molecule has 0 aliphatic carbocycles. The van der Waals surface area contributed by atoms with E-state index in [4.69, 9.17) is 14.2 Å². The van der Waals surface area contributed by atoms with Crippen molar-refractivity contribution in [1.29, 1.82) is 0 Å². The van der Waals surface area contributed by atoms with Gasteiger partial charge in [0.05, 0.1) is 20.8 Å². The Balaban J connectivity index is 2.02. The van der Waals surface area contributed by atoms with Crippen molar-refractivity contribution in [3.05, 3.63) is 63.4 Å². The van der Waals surface area contributed by atoms with Crippen molar-refractivity contribution < 1.29 is 23.8 Å². The lowest BCUT2D eigenvalue weighted by Gasteiger charge is -2.11. The molecule has 1 aromatic heterocycles. The topological polar surface area (TPSA) is 73.9 Å². The Morgan fingerprint density at radius 1 is 1.07 bits per heavy atom. The minimum atomic E-state index is -0.506. The number of ether oxygens (including phenoxy) is 3. The lowest BCUT2D eigenvalue weighted by atomic mass is 10.0. The summed E-state index contributed by atoms with van der Waals surface area (Å²) in [4.78, 5) is 25.5. The van der Waals surface area contributed by atoms with E-state index < -0.39 is 5.97 Å². The number of benzene rings is 2. The molecule has 0 aliphatic heterocycles. The van der Waals surface area contributed by atoms with Gasteiger partial charge in [-0.2, -0.15) is 0 Å². The van der Waals surface area contributed by atoms with E-state index in [1.807, 2.05) is 17.5 Å². The minimum Gasteiger partial charge on any atom is -0.493 e. The summed E-state index contributed by atoms with van der Waals surface area (Å²) >= 11 is 4.62. The maximum atomic E-state index is 12.7. The number of halogens is 1. The molecule has 0 aliphatic rings. The van der Waals surface area contributed by atoms with Crippen LogP contribution in [0.4, 0.5) is 5.00 Å². The number of rotatable bonds is 7. The Labute approximate surface area is 186 Å². The van der Waals surface area contributed by atoms with Gasteiger partial charge in [-0.15, -0.1) is 11.3 Å². The number of methoxy groups -OCH3 is 2. The van der Waals surface area contributed by atoms with E-state index in [1.54, 1.807) is 51.5 Å². The second-order valence-corrected chi connectivity index (χ2v) is 7.90. The minimum absolute atomic E-state index is 0.221. The number of thiophene rings is 1. The zero-order valence-electron chi connectivity index (χ0n) is 16.7. The van der Waals surface area contributed by atoms with Gasteiger partial charge in [-0.1, -0.05) is 28.1 Å². The van der Waals surface area contributed by atoms with Crippen LogP contribution in [0, 0.1) is 0 Å². The molecule has 3 rings (SSSR count). The van der Waals surface area contributed by atoms with Crippen LogP contribution < -0.4 is 14.8 Å². The number of nitrogens with one attached hydrogen (secondary N) is 1. The first-order valence-electron chi connectivity index (χ1n) is 9.06. The van der Waals surface area contributed by atoms with Crippen molar-refractivity contribution >= 4 is 44.1 Å². The van der Waals surface area contributed by atoms with Crippen LogP contribution in [0.3, 0.4) is 0 Å². The van der Waals surface area contributed by atoms with Gasteiger partial charge in [-0.25, -0.2) is 4.79 Å². The lowest BCUT2D eigenvalue weighted by molar-refractivity contribution is 0.0529. The van der Waals surface area contributed by atoms with Gasteiger partial charge in [-0.05, 0) is 42.8 Å². The van der Waals surface area contributed by atoms with Gasteiger partial charge in [0.2, 0.25) is 0 Å². The zero-order chi connectivity index (χ0) is 21.7. The second-order valence-electron chi connectivity index (χ2n) is 6.11. The highest BCUT2D eigenvalue weighted by atomic mass is 79.9. The summed E-state index contributed by atoms with van der Waals surface area (Å²) in [5.74, 6) is 0.295. The highest BCUT2D eigenvalue weighted by Gasteiger charge is 2.24. The largest absolute Gasteiger partial charge is 0.493 e. The average Bonchev–Trinajstić information content (AvgIpc) is 3.16. The van der Waals surface area contributed by atoms with Crippen LogP contribution in [0.15, 0.2) is 52.3 Å². The van der Waals surface area contributed by atoms with Crippen LogP contribution >= 0.6 is 27.3 Å². The van der Waals surface area contributed by atoms with Crippen molar-refractivity contribution in [1.82, 2.24) is 0 Å². The highest BCUT2D eigenvalue weighted by molar-refractivity contribution is 9.10. The van der Waals surface area contributed by atoms with Crippen molar-refractivity contribution in [2.24, 2.45) is 0 Å². The number of hydrogen-bond donors (Lipinski definition) is 1. The summed E-state index contributed by atoms with van der Waals surface area (Å²) in [7, 11) is 3.10. The Bertz CT molecular complexity index is 1080. The highest BCUT2D eigenvalue weighted by Crippen LogP contribution is 2.39. The second kappa shape index (κ2) is 9.77. The monoisotopic (exact) mass is 489 g/mol. The molecule has 0 saturated carbocycles. The summed E-state index contributed by atoms with van der Waals surface area (Å²) in [5.41, 5.74) is 2.16. The molecule has 2 aromatic carbocycles. The van der Waals surface area contributed by atoms with E-state index >= 15 is 0 Å². The molecule has 0 bridgehead atoms. The Hall–Kier alpha value is -2.84. The van der Waals surface area contributed by atoms with Crippen molar-refractivity contribution in [2.75, 3.05) is 26.1 Å². The smallest absolute Gasteiger partial charge is 0.341 e. The first-order chi connectivity index (χ1) is 14.5. The number of carbonyl (C=O) groups excluding carboxylic acids is 2. The summed E-state index contributed by atoms with van der Waals surface area (Å²) in [6, 6.07) is 12.4. The van der Waals surface area contributed by atoms with Gasteiger partial charge in [0, 0.05) is 21.0 Å². The van der Waals surface area contributed by atoms with Crippen LogP contribution in [0.1, 0.15) is 27.6 Å². The van der Waals surface area contributed by atoms with Gasteiger partial charge in [0.1, 0.15) is 10.6 Å². The predicted molar refractivity (Wildman–Crippen MR) is 121 cm³/mol. The molecule has 156 valence electrons. The fraction of sp³-hybridized carbons (Fsp3) is 0.182. The Morgan fingerprint density at radius 3 is 2.50 bits per heavy atom. The van der Waals surface area contributed by atoms with Crippen molar-refractivity contribution in [3.63, 3.8) is 0 Å². The zero-order valence-corrected chi connectivity index (χ0v) is 19.1. The van der Waals surface area contributed by atoms with Gasteiger partial charge < -0.3 is 19.5 Å². The molecule has 0 atom stereocenters. The van der Waals surface area contributed by atoms with E-state index in [9.17, 15) is 9.59 Å². The van der Waals surface area contributed by atoms with E-state index in [1.165, 1.54) is 11.3 Å². The molecule has 0 spiro atoms. The standard InChI is InChI=1S/C22H20BrNO5S/c1-4-29-22(26)19-16(13-8-9-17(27-2)18(11-13)28-3)12-30-21(19)24-20(25)14-6-5-7-15(23)10-14/h5-12H,4H2,1-3H3,(H,24,25). The third kappa shape index (κ3) is 4.66. The fourth-order valence-corrected chi connectivity index (χ4v) is 4.23. The SMILES string of the molecule is CCOC(=O)c1c(-c2ccc(OC)c(OC)c2)csc1NC(=O)c1cccc(Br)c1. The van der Waals surface area contributed by atoms with Crippen LogP contribution in [0.2, 0.25) is 0 Å². The molecule has 1 amide bonds. The third-order valence-corrected chi connectivity index (χ3v) is 5.67. The van der Waals surface area contributed by atoms with E-state index in [0.29, 0.717) is 33.2 Å². The maximum Gasteiger partial charge on any atom is 0.341 e. The molecular weight excluding hydrogens is 470 g/mol. The van der Waals surface area contributed by atoms with Crippen LogP contribution in [-0.2, 0) is 4.74 Å². The molecule has 0 radical (unpaired) electrons. The van der Waals surface area contributed by atoms with E-state index in [0.717, 1.165) is 10.0 Å². The van der Waals surface area contributed by atoms with E-state index in [-0.39, 0.29) is 12.5 Å². The van der Waals surface area contributed by atoms with E-state index in [2.05, 4.69) is 21.2 Å². The van der Waals surface area contributed by atoms with Crippen molar-refractivity contribution in [3.8, 4) is 22.6 Å². The Kier molecular flexibility index (Phi) is 7.12. The Morgan fingerprint density at radius 2 is 1.83 bits per heavy atom. The summed E-state index contributed by atoms with van der Waals surface area (Å²) < 4.78 is 16.7. The molecule has 1 heterocycles. The van der Waals surface area contributed by atoms with Crippen LogP contribution in [0.5, 0.6) is 11.5 Å². The molecule has 0 fully saturated rings. The average molecular weight is 490 g/mol. The van der Waals surface area contributed by atoms with Crippen LogP contribution in [-0.4, -0.2) is 32.7 Å². The maximum absolute atomic E-state index is 12.7. The number of amides is 1.